The molecule has 8 nitrogen and oxygen atoms in total. The number of carbonyl (C=O) groups is 1. The van der Waals surface area contributed by atoms with Crippen molar-refractivity contribution in [2.75, 3.05) is 5.32 Å². The van der Waals surface area contributed by atoms with E-state index in [1.54, 1.807) is 6.07 Å². The lowest BCUT2D eigenvalue weighted by molar-refractivity contribution is -0.384. The van der Waals surface area contributed by atoms with Gasteiger partial charge in [-0.15, -0.1) is 0 Å². The molecule has 0 radical (unpaired) electrons. The van der Waals surface area contributed by atoms with Gasteiger partial charge in [0.15, 0.2) is 5.82 Å². The van der Waals surface area contributed by atoms with E-state index in [4.69, 9.17) is 16.1 Å². The fourth-order valence-corrected chi connectivity index (χ4v) is 2.76. The first-order valence-corrected chi connectivity index (χ1v) is 8.84. The molecular weight excluding hydrogens is 384 g/mol. The highest BCUT2D eigenvalue weighted by Gasteiger charge is 2.20. The number of hydrogen-bond acceptors (Lipinski definition) is 6. The third-order valence-corrected chi connectivity index (χ3v) is 4.42. The number of benzene rings is 2. The van der Waals surface area contributed by atoms with Crippen LogP contribution in [0.3, 0.4) is 0 Å². The first kappa shape index (κ1) is 19.5. The number of hydrogen-bond donors (Lipinski definition) is 1. The SMILES string of the molecule is Cc1cccc(-c2nc(C(C)C)no2)c1NC(=O)c1ccc(Cl)c([N+](=O)[O-])c1. The smallest absolute Gasteiger partial charge is 0.288 e. The fraction of sp³-hybridized carbons (Fsp3) is 0.211. The summed E-state index contributed by atoms with van der Waals surface area (Å²) in [5, 5.41) is 17.8. The Balaban J connectivity index is 1.97. The Morgan fingerprint density at radius 3 is 2.68 bits per heavy atom. The molecule has 2 aromatic carbocycles. The van der Waals surface area contributed by atoms with Gasteiger partial charge >= 0.3 is 0 Å². The Morgan fingerprint density at radius 2 is 2.04 bits per heavy atom. The highest BCUT2D eigenvalue weighted by molar-refractivity contribution is 6.32. The molecule has 9 heteroatoms. The normalized spacial score (nSPS) is 10.9. The minimum absolute atomic E-state index is 0.0368. The largest absolute Gasteiger partial charge is 0.334 e. The molecule has 0 spiro atoms. The summed E-state index contributed by atoms with van der Waals surface area (Å²) in [7, 11) is 0. The number of rotatable bonds is 5. The van der Waals surface area contributed by atoms with Gasteiger partial charge in [-0.1, -0.05) is 42.7 Å². The molecule has 0 saturated heterocycles. The van der Waals surface area contributed by atoms with E-state index in [-0.39, 0.29) is 28.1 Å². The standard InChI is InChI=1S/C19H17ClN4O4/c1-10(2)17-22-19(28-23-17)13-6-4-5-11(3)16(13)21-18(25)12-7-8-14(20)15(9-12)24(26)27/h4-10H,1-3H3,(H,21,25). The molecular formula is C19H17ClN4O4. The Hall–Kier alpha value is -3.26. The molecule has 0 fully saturated rings. The van der Waals surface area contributed by atoms with E-state index in [0.29, 0.717) is 17.1 Å². The molecule has 3 aromatic rings. The van der Waals surface area contributed by atoms with Crippen molar-refractivity contribution in [3.63, 3.8) is 0 Å². The Kier molecular flexibility index (Phi) is 5.41. The second kappa shape index (κ2) is 7.77. The molecule has 1 heterocycles. The first-order valence-electron chi connectivity index (χ1n) is 8.46. The highest BCUT2D eigenvalue weighted by Crippen LogP contribution is 2.31. The van der Waals surface area contributed by atoms with Gasteiger partial charge in [0.05, 0.1) is 16.2 Å². The molecule has 0 saturated carbocycles. The van der Waals surface area contributed by atoms with E-state index >= 15 is 0 Å². The van der Waals surface area contributed by atoms with Gasteiger partial charge < -0.3 is 9.84 Å². The van der Waals surface area contributed by atoms with Gasteiger partial charge in [0.1, 0.15) is 5.02 Å². The van der Waals surface area contributed by atoms with Gasteiger partial charge in [0.2, 0.25) is 0 Å². The van der Waals surface area contributed by atoms with Gasteiger partial charge in [-0.3, -0.25) is 14.9 Å². The van der Waals surface area contributed by atoms with Gasteiger partial charge in [-0.05, 0) is 30.7 Å². The number of amides is 1. The Morgan fingerprint density at radius 1 is 1.29 bits per heavy atom. The molecule has 0 atom stereocenters. The topological polar surface area (TPSA) is 111 Å². The number of anilines is 1. The first-order chi connectivity index (χ1) is 13.3. The molecule has 1 aromatic heterocycles. The summed E-state index contributed by atoms with van der Waals surface area (Å²) in [6, 6.07) is 9.27. The number of carbonyl (C=O) groups excluding carboxylic acids is 1. The molecule has 0 unspecified atom stereocenters. The van der Waals surface area contributed by atoms with Crippen LogP contribution in [-0.4, -0.2) is 21.0 Å². The van der Waals surface area contributed by atoms with Crippen molar-refractivity contribution in [3.8, 4) is 11.5 Å². The van der Waals surface area contributed by atoms with Crippen LogP contribution in [0, 0.1) is 17.0 Å². The van der Waals surface area contributed by atoms with Crippen molar-refractivity contribution in [1.82, 2.24) is 10.1 Å². The molecule has 0 bridgehead atoms. The predicted molar refractivity (Wildman–Crippen MR) is 105 cm³/mol. The average Bonchev–Trinajstić information content (AvgIpc) is 3.13. The van der Waals surface area contributed by atoms with Crippen LogP contribution in [0.1, 0.15) is 41.5 Å². The van der Waals surface area contributed by atoms with Crippen LogP contribution in [0.2, 0.25) is 5.02 Å². The third-order valence-electron chi connectivity index (χ3n) is 4.10. The second-order valence-corrected chi connectivity index (χ2v) is 6.89. The van der Waals surface area contributed by atoms with E-state index < -0.39 is 10.8 Å². The van der Waals surface area contributed by atoms with Crippen molar-refractivity contribution in [2.45, 2.75) is 26.7 Å². The summed E-state index contributed by atoms with van der Waals surface area (Å²) in [6.45, 7) is 5.71. The van der Waals surface area contributed by atoms with Crippen LogP contribution < -0.4 is 5.32 Å². The van der Waals surface area contributed by atoms with Crippen molar-refractivity contribution in [1.29, 1.82) is 0 Å². The van der Waals surface area contributed by atoms with E-state index in [0.717, 1.165) is 11.6 Å². The van der Waals surface area contributed by atoms with E-state index in [9.17, 15) is 14.9 Å². The lowest BCUT2D eigenvalue weighted by Crippen LogP contribution is -2.14. The summed E-state index contributed by atoms with van der Waals surface area (Å²) >= 11 is 5.81. The zero-order valence-electron chi connectivity index (χ0n) is 15.4. The molecule has 144 valence electrons. The number of nitrogens with one attached hydrogen (secondary N) is 1. The fourth-order valence-electron chi connectivity index (χ4n) is 2.57. The molecule has 1 N–H and O–H groups in total. The van der Waals surface area contributed by atoms with Crippen LogP contribution in [0.5, 0.6) is 0 Å². The van der Waals surface area contributed by atoms with E-state index in [2.05, 4.69) is 15.5 Å². The van der Waals surface area contributed by atoms with Crippen LogP contribution >= 0.6 is 11.6 Å². The lowest BCUT2D eigenvalue weighted by atomic mass is 10.1. The minimum Gasteiger partial charge on any atom is -0.334 e. The number of nitro groups is 1. The highest BCUT2D eigenvalue weighted by atomic mass is 35.5. The minimum atomic E-state index is -0.635. The molecule has 3 rings (SSSR count). The Bertz CT molecular complexity index is 1060. The van der Waals surface area contributed by atoms with Crippen molar-refractivity contribution in [2.24, 2.45) is 0 Å². The maximum atomic E-state index is 12.7. The van der Waals surface area contributed by atoms with E-state index in [1.807, 2.05) is 32.9 Å². The van der Waals surface area contributed by atoms with Crippen molar-refractivity contribution < 1.29 is 14.2 Å². The number of aryl methyl sites for hydroxylation is 1. The summed E-state index contributed by atoms with van der Waals surface area (Å²) in [5.41, 5.74) is 1.61. The zero-order valence-corrected chi connectivity index (χ0v) is 16.1. The van der Waals surface area contributed by atoms with Crippen molar-refractivity contribution >= 4 is 28.9 Å². The summed E-state index contributed by atoms with van der Waals surface area (Å²) in [5.74, 6) is 0.417. The number of halogens is 1. The number of nitrogens with zero attached hydrogens (tertiary/aromatic N) is 3. The summed E-state index contributed by atoms with van der Waals surface area (Å²) < 4.78 is 5.34. The van der Waals surface area contributed by atoms with E-state index in [1.165, 1.54) is 12.1 Å². The molecule has 28 heavy (non-hydrogen) atoms. The quantitative estimate of drug-likeness (QED) is 0.477. The maximum Gasteiger partial charge on any atom is 0.288 e. The lowest BCUT2D eigenvalue weighted by Gasteiger charge is -2.12. The number of para-hydroxylation sites is 1. The van der Waals surface area contributed by atoms with Crippen LogP contribution in [0.25, 0.3) is 11.5 Å². The summed E-state index contributed by atoms with van der Waals surface area (Å²) in [4.78, 5) is 27.5. The monoisotopic (exact) mass is 400 g/mol. The third kappa shape index (κ3) is 3.86. The summed E-state index contributed by atoms with van der Waals surface area (Å²) in [6.07, 6.45) is 0. The predicted octanol–water partition coefficient (Wildman–Crippen LogP) is 4.98. The molecule has 0 aliphatic carbocycles. The van der Waals surface area contributed by atoms with Crippen molar-refractivity contribution in [3.05, 3.63) is 68.5 Å². The van der Waals surface area contributed by atoms with Gasteiger partial charge in [-0.2, -0.15) is 4.98 Å². The van der Waals surface area contributed by atoms with Crippen LogP contribution in [0.4, 0.5) is 11.4 Å². The zero-order chi connectivity index (χ0) is 20.4. The van der Waals surface area contributed by atoms with Gasteiger partial charge in [-0.25, -0.2) is 0 Å². The Labute approximate surface area is 165 Å². The van der Waals surface area contributed by atoms with Gasteiger partial charge in [0, 0.05) is 17.5 Å². The average molecular weight is 401 g/mol. The number of aromatic nitrogens is 2. The maximum absolute atomic E-state index is 12.7. The number of nitro benzene ring substituents is 1. The second-order valence-electron chi connectivity index (χ2n) is 6.49. The molecule has 0 aliphatic heterocycles. The molecule has 1 amide bonds. The van der Waals surface area contributed by atoms with Crippen LogP contribution in [-0.2, 0) is 0 Å². The van der Waals surface area contributed by atoms with Crippen LogP contribution in [0.15, 0.2) is 40.9 Å². The molecule has 0 aliphatic rings. The van der Waals surface area contributed by atoms with Gasteiger partial charge in [0.25, 0.3) is 17.5 Å².